The van der Waals surface area contributed by atoms with Crippen LogP contribution < -0.4 is 9.47 Å². The summed E-state index contributed by atoms with van der Waals surface area (Å²) in [6, 6.07) is 4.66. The largest absolute Gasteiger partial charge is 0.503 e. The summed E-state index contributed by atoms with van der Waals surface area (Å²) in [4.78, 5) is 35.2. The Kier molecular flexibility index (Phi) is 8.33. The summed E-state index contributed by atoms with van der Waals surface area (Å²) in [5.41, 5.74) is 1.34. The molecule has 2 aromatic rings. The first-order chi connectivity index (χ1) is 16.2. The maximum atomic E-state index is 13.6. The lowest BCUT2D eigenvalue weighted by molar-refractivity contribution is -0.129. The van der Waals surface area contributed by atoms with E-state index < -0.39 is 17.7 Å². The molecule has 0 aliphatic carbocycles. The van der Waals surface area contributed by atoms with Gasteiger partial charge in [0, 0.05) is 6.54 Å². The van der Waals surface area contributed by atoms with Crippen molar-refractivity contribution in [1.82, 2.24) is 14.8 Å². The standard InChI is InChI=1S/C25H33N3O5S/c1-7-32-18-11-10-17(14-19(18)33-8-2)21-20(22(29)24-15(3)26-16(4)34-24)23(30)25(31)28(21)13-9-12-27(5)6/h10-11,14,21,30H,7-9,12-13H2,1-6H3. The number of aromatic nitrogens is 1. The minimum atomic E-state index is -0.737. The van der Waals surface area contributed by atoms with Crippen molar-refractivity contribution in [2.24, 2.45) is 0 Å². The molecular formula is C25H33N3O5S. The molecule has 1 atom stereocenters. The summed E-state index contributed by atoms with van der Waals surface area (Å²) < 4.78 is 11.5. The van der Waals surface area contributed by atoms with Crippen molar-refractivity contribution in [2.75, 3.05) is 40.4 Å². The molecule has 0 fully saturated rings. The van der Waals surface area contributed by atoms with Crippen molar-refractivity contribution in [3.63, 3.8) is 0 Å². The van der Waals surface area contributed by atoms with Crippen LogP contribution in [0.3, 0.4) is 0 Å². The van der Waals surface area contributed by atoms with E-state index >= 15 is 0 Å². The molecule has 1 amide bonds. The molecule has 34 heavy (non-hydrogen) atoms. The minimum Gasteiger partial charge on any atom is -0.503 e. The van der Waals surface area contributed by atoms with Gasteiger partial charge in [-0.1, -0.05) is 6.07 Å². The van der Waals surface area contributed by atoms with Crippen LogP contribution in [0.25, 0.3) is 0 Å². The number of hydrogen-bond acceptors (Lipinski definition) is 8. The van der Waals surface area contributed by atoms with Crippen LogP contribution in [0.2, 0.25) is 0 Å². The molecule has 0 saturated carbocycles. The molecule has 3 rings (SSSR count). The van der Waals surface area contributed by atoms with E-state index in [9.17, 15) is 14.7 Å². The molecule has 0 saturated heterocycles. The molecule has 1 aromatic heterocycles. The van der Waals surface area contributed by atoms with Gasteiger partial charge in [0.2, 0.25) is 5.78 Å². The van der Waals surface area contributed by atoms with Gasteiger partial charge in [0.15, 0.2) is 17.3 Å². The second-order valence-corrected chi connectivity index (χ2v) is 9.57. The van der Waals surface area contributed by atoms with Gasteiger partial charge in [-0.2, -0.15) is 0 Å². The van der Waals surface area contributed by atoms with Crippen molar-refractivity contribution in [3.05, 3.63) is 50.7 Å². The fraction of sp³-hybridized carbons (Fsp3) is 0.480. The summed E-state index contributed by atoms with van der Waals surface area (Å²) in [5, 5.41) is 11.6. The van der Waals surface area contributed by atoms with E-state index in [0.717, 1.165) is 11.6 Å². The van der Waals surface area contributed by atoms with Crippen LogP contribution in [-0.2, 0) is 4.79 Å². The zero-order valence-corrected chi connectivity index (χ0v) is 21.5. The number of aliphatic hydroxyl groups excluding tert-OH is 1. The van der Waals surface area contributed by atoms with E-state index in [-0.39, 0.29) is 11.4 Å². The maximum Gasteiger partial charge on any atom is 0.290 e. The first-order valence-electron chi connectivity index (χ1n) is 11.5. The van der Waals surface area contributed by atoms with Gasteiger partial charge >= 0.3 is 0 Å². The Labute approximate surface area is 204 Å². The van der Waals surface area contributed by atoms with Crippen molar-refractivity contribution in [2.45, 2.75) is 40.2 Å². The zero-order chi connectivity index (χ0) is 25.0. The summed E-state index contributed by atoms with van der Waals surface area (Å²) in [7, 11) is 3.92. The monoisotopic (exact) mass is 487 g/mol. The van der Waals surface area contributed by atoms with Crippen LogP contribution in [0.5, 0.6) is 11.5 Å². The van der Waals surface area contributed by atoms with Crippen molar-refractivity contribution >= 4 is 23.0 Å². The van der Waals surface area contributed by atoms with E-state index in [4.69, 9.17) is 9.47 Å². The number of carbonyl (C=O) groups excluding carboxylic acids is 2. The van der Waals surface area contributed by atoms with Crippen molar-refractivity contribution < 1.29 is 24.2 Å². The molecule has 1 aromatic carbocycles. The Morgan fingerprint density at radius 2 is 1.85 bits per heavy atom. The number of nitrogens with zero attached hydrogens (tertiary/aromatic N) is 3. The average molecular weight is 488 g/mol. The van der Waals surface area contributed by atoms with Crippen LogP contribution in [0.4, 0.5) is 0 Å². The molecule has 1 N–H and O–H groups in total. The van der Waals surface area contributed by atoms with Gasteiger partial charge in [0.1, 0.15) is 0 Å². The van der Waals surface area contributed by atoms with Crippen molar-refractivity contribution in [3.8, 4) is 11.5 Å². The SMILES string of the molecule is CCOc1ccc(C2C(C(=O)c3sc(C)nc3C)=C(O)C(=O)N2CCCN(C)C)cc1OCC. The summed E-state index contributed by atoms with van der Waals surface area (Å²) in [6.45, 7) is 9.43. The molecule has 1 aliphatic heterocycles. The van der Waals surface area contributed by atoms with Crippen LogP contribution in [0.1, 0.15) is 52.2 Å². The second kappa shape index (κ2) is 11.0. The number of carbonyl (C=O) groups is 2. The molecule has 1 aliphatic rings. The van der Waals surface area contributed by atoms with E-state index in [2.05, 4.69) is 4.98 Å². The number of rotatable bonds is 11. The Morgan fingerprint density at radius 1 is 1.18 bits per heavy atom. The topological polar surface area (TPSA) is 92.2 Å². The molecule has 184 valence electrons. The third kappa shape index (κ3) is 5.26. The Morgan fingerprint density at radius 3 is 2.44 bits per heavy atom. The lowest BCUT2D eigenvalue weighted by Crippen LogP contribution is -2.33. The number of ketones is 1. The molecular weight excluding hydrogens is 454 g/mol. The normalized spacial score (nSPS) is 16.0. The van der Waals surface area contributed by atoms with Gasteiger partial charge in [0.05, 0.1) is 40.4 Å². The van der Waals surface area contributed by atoms with Crippen LogP contribution in [0, 0.1) is 13.8 Å². The molecule has 8 nitrogen and oxygen atoms in total. The van der Waals surface area contributed by atoms with Gasteiger partial charge in [-0.3, -0.25) is 9.59 Å². The first-order valence-corrected chi connectivity index (χ1v) is 12.3. The highest BCUT2D eigenvalue weighted by Crippen LogP contribution is 2.42. The highest BCUT2D eigenvalue weighted by molar-refractivity contribution is 7.14. The number of thiazole rings is 1. The number of ether oxygens (including phenoxy) is 2. The predicted molar refractivity (Wildman–Crippen MR) is 132 cm³/mol. The fourth-order valence-corrected chi connectivity index (χ4v) is 5.00. The third-order valence-corrected chi connectivity index (χ3v) is 6.62. The zero-order valence-electron chi connectivity index (χ0n) is 20.7. The first kappa shape index (κ1) is 25.7. The van der Waals surface area contributed by atoms with E-state index in [1.54, 1.807) is 24.0 Å². The van der Waals surface area contributed by atoms with Crippen LogP contribution in [0.15, 0.2) is 29.5 Å². The van der Waals surface area contributed by atoms with Gasteiger partial charge in [0.25, 0.3) is 5.91 Å². The van der Waals surface area contributed by atoms with Gasteiger partial charge in [-0.05, 0) is 72.5 Å². The van der Waals surface area contributed by atoms with E-state index in [1.165, 1.54) is 11.3 Å². The van der Waals surface area contributed by atoms with E-state index in [1.807, 2.05) is 45.8 Å². The second-order valence-electron chi connectivity index (χ2n) is 8.37. The molecule has 2 heterocycles. The highest BCUT2D eigenvalue weighted by Gasteiger charge is 2.44. The quantitative estimate of drug-likeness (QED) is 0.477. The average Bonchev–Trinajstić information content (AvgIpc) is 3.25. The lowest BCUT2D eigenvalue weighted by atomic mass is 9.94. The maximum absolute atomic E-state index is 13.6. The Balaban J connectivity index is 2.09. The molecule has 9 heteroatoms. The molecule has 0 bridgehead atoms. The lowest BCUT2D eigenvalue weighted by Gasteiger charge is -2.28. The number of amides is 1. The summed E-state index contributed by atoms with van der Waals surface area (Å²) in [5.74, 6) is -0.298. The third-order valence-electron chi connectivity index (χ3n) is 5.55. The highest BCUT2D eigenvalue weighted by atomic mass is 32.1. The number of benzene rings is 1. The van der Waals surface area contributed by atoms with E-state index in [0.29, 0.717) is 53.8 Å². The number of aliphatic hydroxyl groups is 1. The Hall–Kier alpha value is -2.91. The van der Waals surface area contributed by atoms with Crippen LogP contribution in [-0.4, -0.2) is 72.0 Å². The van der Waals surface area contributed by atoms with Crippen molar-refractivity contribution in [1.29, 1.82) is 0 Å². The van der Waals surface area contributed by atoms with Gasteiger partial charge in [-0.25, -0.2) is 4.98 Å². The van der Waals surface area contributed by atoms with Gasteiger partial charge < -0.3 is 24.4 Å². The summed E-state index contributed by atoms with van der Waals surface area (Å²) in [6.07, 6.45) is 0.692. The number of aryl methyl sites for hydroxylation is 2. The fourth-order valence-electron chi connectivity index (χ4n) is 4.12. The minimum absolute atomic E-state index is 0.0770. The van der Waals surface area contributed by atoms with Crippen LogP contribution >= 0.6 is 11.3 Å². The molecule has 0 spiro atoms. The molecule has 1 unspecified atom stereocenters. The summed E-state index contributed by atoms with van der Waals surface area (Å²) >= 11 is 1.27. The molecule has 0 radical (unpaired) electrons. The van der Waals surface area contributed by atoms with Gasteiger partial charge in [-0.15, -0.1) is 11.3 Å². The Bertz CT molecular complexity index is 1090. The predicted octanol–water partition coefficient (Wildman–Crippen LogP) is 4.09. The smallest absolute Gasteiger partial charge is 0.290 e. The number of hydrogen-bond donors (Lipinski definition) is 1. The number of Topliss-reactive ketones (excluding diaryl/α,β-unsaturated/α-hetero) is 1.